The zero-order chi connectivity index (χ0) is 20.1. The molecule has 0 aliphatic heterocycles. The second kappa shape index (κ2) is 8.22. The molecule has 3 aromatic rings. The highest BCUT2D eigenvalue weighted by Gasteiger charge is 2.23. The highest BCUT2D eigenvalue weighted by molar-refractivity contribution is 7.92. The average molecular weight is 395 g/mol. The smallest absolute Gasteiger partial charge is 0.264 e. The molecule has 0 fully saturated rings. The maximum absolute atomic E-state index is 13.0. The lowest BCUT2D eigenvalue weighted by molar-refractivity contribution is 0.0950. The molecule has 1 aromatic heterocycles. The Morgan fingerprint density at radius 2 is 1.86 bits per heavy atom. The Bertz CT molecular complexity index is 1080. The van der Waals surface area contributed by atoms with E-state index in [1.54, 1.807) is 42.7 Å². The first-order chi connectivity index (χ1) is 13.4. The number of aryl methyl sites for hydroxylation is 1. The number of nitrogens with zero attached hydrogens (tertiary/aromatic N) is 2. The van der Waals surface area contributed by atoms with Gasteiger partial charge in [0.1, 0.15) is 0 Å². The van der Waals surface area contributed by atoms with Crippen LogP contribution in [0.4, 0.5) is 5.69 Å². The maximum Gasteiger partial charge on any atom is 0.264 e. The van der Waals surface area contributed by atoms with Crippen molar-refractivity contribution in [2.75, 3.05) is 11.4 Å². The number of para-hydroxylation sites is 1. The molecular weight excluding hydrogens is 374 g/mol. The van der Waals surface area contributed by atoms with Crippen LogP contribution in [-0.2, 0) is 16.6 Å². The summed E-state index contributed by atoms with van der Waals surface area (Å²) in [5.74, 6) is -0.348. The normalized spacial score (nSPS) is 11.1. The third-order valence-electron chi connectivity index (χ3n) is 4.39. The van der Waals surface area contributed by atoms with E-state index in [-0.39, 0.29) is 16.4 Å². The van der Waals surface area contributed by atoms with Gasteiger partial charge in [0.05, 0.1) is 10.6 Å². The lowest BCUT2D eigenvalue weighted by Gasteiger charge is -2.21. The van der Waals surface area contributed by atoms with Crippen LogP contribution in [0.15, 0.2) is 78.0 Å². The molecule has 0 saturated heterocycles. The molecule has 1 heterocycles. The van der Waals surface area contributed by atoms with Crippen LogP contribution in [0.25, 0.3) is 0 Å². The van der Waals surface area contributed by atoms with Crippen LogP contribution >= 0.6 is 0 Å². The van der Waals surface area contributed by atoms with Gasteiger partial charge in [0.15, 0.2) is 0 Å². The molecule has 0 aliphatic rings. The van der Waals surface area contributed by atoms with E-state index < -0.39 is 10.0 Å². The molecule has 0 saturated carbocycles. The van der Waals surface area contributed by atoms with Gasteiger partial charge in [-0.3, -0.25) is 14.1 Å². The minimum Gasteiger partial charge on any atom is -0.348 e. The Hall–Kier alpha value is -3.19. The summed E-state index contributed by atoms with van der Waals surface area (Å²) in [6, 6.07) is 16.9. The maximum atomic E-state index is 13.0. The van der Waals surface area contributed by atoms with Crippen molar-refractivity contribution in [1.82, 2.24) is 10.3 Å². The molecule has 0 unspecified atom stereocenters. The van der Waals surface area contributed by atoms with Crippen molar-refractivity contribution in [1.29, 1.82) is 0 Å². The molecule has 2 aromatic carbocycles. The van der Waals surface area contributed by atoms with Crippen molar-refractivity contribution in [3.8, 4) is 0 Å². The molecule has 144 valence electrons. The molecule has 0 radical (unpaired) electrons. The van der Waals surface area contributed by atoms with Crippen LogP contribution in [0.2, 0.25) is 0 Å². The molecule has 28 heavy (non-hydrogen) atoms. The number of sulfonamides is 1. The number of carbonyl (C=O) groups is 1. The van der Waals surface area contributed by atoms with Gasteiger partial charge in [0, 0.05) is 31.5 Å². The predicted molar refractivity (Wildman–Crippen MR) is 109 cm³/mol. The lowest BCUT2D eigenvalue weighted by Crippen LogP contribution is -2.28. The van der Waals surface area contributed by atoms with Gasteiger partial charge in [-0.25, -0.2) is 8.42 Å². The zero-order valence-electron chi connectivity index (χ0n) is 15.7. The van der Waals surface area contributed by atoms with E-state index in [1.807, 2.05) is 25.1 Å². The molecule has 3 rings (SSSR count). The van der Waals surface area contributed by atoms with E-state index in [1.165, 1.54) is 23.5 Å². The van der Waals surface area contributed by atoms with Crippen LogP contribution < -0.4 is 9.62 Å². The molecular formula is C21H21N3O3S. The number of hydrogen-bond acceptors (Lipinski definition) is 4. The Morgan fingerprint density at radius 1 is 1.07 bits per heavy atom. The van der Waals surface area contributed by atoms with Crippen molar-refractivity contribution in [2.24, 2.45) is 0 Å². The molecule has 0 aliphatic carbocycles. The number of aromatic nitrogens is 1. The molecule has 6 nitrogen and oxygen atoms in total. The quantitative estimate of drug-likeness (QED) is 0.695. The van der Waals surface area contributed by atoms with Crippen LogP contribution in [0.1, 0.15) is 21.5 Å². The molecule has 7 heteroatoms. The predicted octanol–water partition coefficient (Wildman–Crippen LogP) is 3.15. The molecule has 0 bridgehead atoms. The Morgan fingerprint density at radius 3 is 2.57 bits per heavy atom. The van der Waals surface area contributed by atoms with Gasteiger partial charge in [0.2, 0.25) is 0 Å². The van der Waals surface area contributed by atoms with Gasteiger partial charge < -0.3 is 5.32 Å². The highest BCUT2D eigenvalue weighted by atomic mass is 32.2. The van der Waals surface area contributed by atoms with Gasteiger partial charge in [-0.15, -0.1) is 0 Å². The van der Waals surface area contributed by atoms with Crippen molar-refractivity contribution in [2.45, 2.75) is 18.4 Å². The van der Waals surface area contributed by atoms with Gasteiger partial charge in [-0.1, -0.05) is 30.3 Å². The molecule has 1 amide bonds. The minimum atomic E-state index is -3.79. The number of nitrogens with one attached hydrogen (secondary N) is 1. The summed E-state index contributed by atoms with van der Waals surface area (Å²) in [4.78, 5) is 16.5. The summed E-state index contributed by atoms with van der Waals surface area (Å²) in [5.41, 5.74) is 2.58. The summed E-state index contributed by atoms with van der Waals surface area (Å²) in [6.45, 7) is 2.16. The van der Waals surface area contributed by atoms with Gasteiger partial charge in [0.25, 0.3) is 15.9 Å². The summed E-state index contributed by atoms with van der Waals surface area (Å²) < 4.78 is 27.3. The number of carbonyl (C=O) groups excluding carboxylic acids is 1. The molecule has 0 atom stereocenters. The summed E-state index contributed by atoms with van der Waals surface area (Å²) in [6.07, 6.45) is 3.32. The molecule has 1 N–H and O–H groups in total. The van der Waals surface area contributed by atoms with Crippen LogP contribution in [0.3, 0.4) is 0 Å². The van der Waals surface area contributed by atoms with Crippen molar-refractivity contribution in [3.05, 3.63) is 89.7 Å². The van der Waals surface area contributed by atoms with Crippen molar-refractivity contribution < 1.29 is 13.2 Å². The van der Waals surface area contributed by atoms with Gasteiger partial charge >= 0.3 is 0 Å². The summed E-state index contributed by atoms with van der Waals surface area (Å²) in [5, 5.41) is 2.78. The number of rotatable bonds is 6. The molecule has 0 spiro atoms. The largest absolute Gasteiger partial charge is 0.348 e. The number of hydrogen-bond donors (Lipinski definition) is 1. The highest BCUT2D eigenvalue weighted by Crippen LogP contribution is 2.25. The fourth-order valence-electron chi connectivity index (χ4n) is 2.79. The topological polar surface area (TPSA) is 79.4 Å². The van der Waals surface area contributed by atoms with Gasteiger partial charge in [-0.05, 0) is 48.4 Å². The zero-order valence-corrected chi connectivity index (χ0v) is 16.5. The Balaban J connectivity index is 1.82. The van der Waals surface area contributed by atoms with E-state index in [9.17, 15) is 13.2 Å². The van der Waals surface area contributed by atoms with E-state index >= 15 is 0 Å². The Labute approximate surface area is 164 Å². The Kier molecular flexibility index (Phi) is 5.75. The van der Waals surface area contributed by atoms with Gasteiger partial charge in [-0.2, -0.15) is 0 Å². The van der Waals surface area contributed by atoms with E-state index in [0.29, 0.717) is 12.2 Å². The summed E-state index contributed by atoms with van der Waals surface area (Å²) >= 11 is 0. The first-order valence-electron chi connectivity index (χ1n) is 8.71. The van der Waals surface area contributed by atoms with E-state index in [4.69, 9.17) is 0 Å². The fraction of sp³-hybridized carbons (Fsp3) is 0.143. The third-order valence-corrected chi connectivity index (χ3v) is 6.15. The number of pyridine rings is 1. The monoisotopic (exact) mass is 395 g/mol. The average Bonchev–Trinajstić information content (AvgIpc) is 2.72. The first-order valence-corrected chi connectivity index (χ1v) is 10.2. The number of benzene rings is 2. The number of amides is 1. The fourth-order valence-corrected chi connectivity index (χ4v) is 4.10. The minimum absolute atomic E-state index is 0.0623. The number of anilines is 1. The lowest BCUT2D eigenvalue weighted by atomic mass is 10.2. The first kappa shape index (κ1) is 19.6. The van der Waals surface area contributed by atoms with Crippen LogP contribution in [-0.4, -0.2) is 26.4 Å². The van der Waals surface area contributed by atoms with Crippen molar-refractivity contribution >= 4 is 21.6 Å². The van der Waals surface area contributed by atoms with E-state index in [2.05, 4.69) is 10.3 Å². The summed E-state index contributed by atoms with van der Waals surface area (Å²) in [7, 11) is -2.29. The SMILES string of the molecule is Cc1ccccc1N(C)S(=O)(=O)c1cccc(C(=O)NCc2cccnc2)c1. The van der Waals surface area contributed by atoms with E-state index in [0.717, 1.165) is 11.1 Å². The van der Waals surface area contributed by atoms with Crippen LogP contribution in [0.5, 0.6) is 0 Å². The van der Waals surface area contributed by atoms with Crippen LogP contribution in [0, 0.1) is 6.92 Å². The second-order valence-corrected chi connectivity index (χ2v) is 8.30. The third kappa shape index (κ3) is 4.20. The second-order valence-electron chi connectivity index (χ2n) is 6.33. The standard InChI is InChI=1S/C21H21N3O3S/c1-16-7-3-4-11-20(16)24(2)28(26,27)19-10-5-9-18(13-19)21(25)23-15-17-8-6-12-22-14-17/h3-14H,15H2,1-2H3,(H,23,25). The van der Waals surface area contributed by atoms with Crippen molar-refractivity contribution in [3.63, 3.8) is 0 Å².